The lowest BCUT2D eigenvalue weighted by Gasteiger charge is -2.14. The van der Waals surface area contributed by atoms with Crippen molar-refractivity contribution in [2.45, 2.75) is 11.8 Å². The molecule has 126 valence electrons. The van der Waals surface area contributed by atoms with Gasteiger partial charge in [-0.05, 0) is 47.5 Å². The van der Waals surface area contributed by atoms with E-state index in [1.54, 1.807) is 36.4 Å². The molecule has 0 aliphatic rings. The predicted octanol–water partition coefficient (Wildman–Crippen LogP) is 5.70. The quantitative estimate of drug-likeness (QED) is 0.585. The van der Waals surface area contributed by atoms with E-state index in [9.17, 15) is 10.5 Å². The summed E-state index contributed by atoms with van der Waals surface area (Å²) in [6.45, 7) is 0. The molecule has 2 aromatic carbocycles. The lowest BCUT2D eigenvalue weighted by Crippen LogP contribution is -2.06. The highest BCUT2D eigenvalue weighted by Gasteiger charge is 2.19. The maximum absolute atomic E-state index is 9.63. The van der Waals surface area contributed by atoms with E-state index < -0.39 is 11.8 Å². The third-order valence-electron chi connectivity index (χ3n) is 4.05. The molecule has 0 amide bonds. The Morgan fingerprint density at radius 3 is 1.38 bits per heavy atom. The van der Waals surface area contributed by atoms with Gasteiger partial charge in [0.25, 0.3) is 0 Å². The number of halogens is 2. The molecule has 3 rings (SSSR count). The molecule has 0 aliphatic carbocycles. The molecule has 0 bridgehead atoms. The number of aromatic nitrogens is 1. The predicted molar refractivity (Wildman–Crippen MR) is 102 cm³/mol. The SMILES string of the molecule is N#CC(c1ccc(Cl)cc1)c1cccc(C(C#N)c2ccc(Cl)cc2)n1. The van der Waals surface area contributed by atoms with Gasteiger partial charge in [0.15, 0.2) is 0 Å². The fourth-order valence-corrected chi connectivity index (χ4v) is 2.98. The molecule has 2 atom stereocenters. The zero-order chi connectivity index (χ0) is 18.5. The summed E-state index contributed by atoms with van der Waals surface area (Å²) in [5.74, 6) is -1.06. The summed E-state index contributed by atoms with van der Waals surface area (Å²) < 4.78 is 0. The second kappa shape index (κ2) is 8.02. The summed E-state index contributed by atoms with van der Waals surface area (Å²) in [6.07, 6.45) is 0. The molecule has 5 heteroatoms. The number of rotatable bonds is 4. The number of benzene rings is 2. The van der Waals surface area contributed by atoms with Gasteiger partial charge >= 0.3 is 0 Å². The van der Waals surface area contributed by atoms with Crippen molar-refractivity contribution in [3.8, 4) is 12.1 Å². The minimum absolute atomic E-state index is 0.531. The molecule has 3 nitrogen and oxygen atoms in total. The number of pyridine rings is 1. The molecule has 3 aromatic rings. The summed E-state index contributed by atoms with van der Waals surface area (Å²) in [5.41, 5.74) is 2.81. The third kappa shape index (κ3) is 3.86. The van der Waals surface area contributed by atoms with Crippen molar-refractivity contribution in [2.75, 3.05) is 0 Å². The molecule has 0 saturated carbocycles. The van der Waals surface area contributed by atoms with E-state index in [1.165, 1.54) is 0 Å². The molecule has 0 aliphatic heterocycles. The highest BCUT2D eigenvalue weighted by atomic mass is 35.5. The van der Waals surface area contributed by atoms with E-state index >= 15 is 0 Å². The van der Waals surface area contributed by atoms with Gasteiger partial charge in [0.2, 0.25) is 0 Å². The van der Waals surface area contributed by atoms with Crippen molar-refractivity contribution >= 4 is 23.2 Å². The van der Waals surface area contributed by atoms with Crippen LogP contribution >= 0.6 is 23.2 Å². The molecule has 2 unspecified atom stereocenters. The minimum atomic E-state index is -0.531. The molecule has 26 heavy (non-hydrogen) atoms. The van der Waals surface area contributed by atoms with Crippen LogP contribution in [-0.4, -0.2) is 4.98 Å². The van der Waals surface area contributed by atoms with E-state index in [4.69, 9.17) is 23.2 Å². The monoisotopic (exact) mass is 377 g/mol. The van der Waals surface area contributed by atoms with Crippen molar-refractivity contribution in [1.29, 1.82) is 10.5 Å². The maximum Gasteiger partial charge on any atom is 0.113 e. The molecule has 1 heterocycles. The first-order chi connectivity index (χ1) is 12.6. The van der Waals surface area contributed by atoms with E-state index in [-0.39, 0.29) is 0 Å². The molecule has 0 fully saturated rings. The molecule has 1 aromatic heterocycles. The second-order valence-corrected chi connectivity index (χ2v) is 6.59. The lowest BCUT2D eigenvalue weighted by atomic mass is 9.93. The highest BCUT2D eigenvalue weighted by Crippen LogP contribution is 2.28. The Bertz CT molecular complexity index is 905. The maximum atomic E-state index is 9.63. The Kier molecular flexibility index (Phi) is 5.54. The third-order valence-corrected chi connectivity index (χ3v) is 4.55. The first-order valence-corrected chi connectivity index (χ1v) is 8.65. The van der Waals surface area contributed by atoms with Crippen LogP contribution < -0.4 is 0 Å². The number of nitrogens with zero attached hydrogens (tertiary/aromatic N) is 3. The Morgan fingerprint density at radius 2 is 1.04 bits per heavy atom. The van der Waals surface area contributed by atoms with Crippen LogP contribution in [0.15, 0.2) is 66.7 Å². The second-order valence-electron chi connectivity index (χ2n) is 5.71. The largest absolute Gasteiger partial charge is 0.254 e. The number of hydrogen-bond acceptors (Lipinski definition) is 3. The summed E-state index contributed by atoms with van der Waals surface area (Å²) in [7, 11) is 0. The van der Waals surface area contributed by atoms with E-state index in [0.29, 0.717) is 21.4 Å². The average Bonchev–Trinajstić information content (AvgIpc) is 2.66. The molecule has 0 radical (unpaired) electrons. The van der Waals surface area contributed by atoms with Gasteiger partial charge in [-0.25, -0.2) is 0 Å². The summed E-state index contributed by atoms with van der Waals surface area (Å²) in [5, 5.41) is 20.5. The Morgan fingerprint density at radius 1 is 0.654 bits per heavy atom. The van der Waals surface area contributed by atoms with Crippen molar-refractivity contribution in [3.05, 3.63) is 99.3 Å². The first-order valence-electron chi connectivity index (χ1n) is 7.89. The number of nitriles is 2. The van der Waals surface area contributed by atoms with Crippen LogP contribution in [0.1, 0.15) is 34.4 Å². The topological polar surface area (TPSA) is 60.5 Å². The minimum Gasteiger partial charge on any atom is -0.254 e. The van der Waals surface area contributed by atoms with E-state index in [1.807, 2.05) is 30.3 Å². The smallest absolute Gasteiger partial charge is 0.113 e. The van der Waals surface area contributed by atoms with Crippen molar-refractivity contribution < 1.29 is 0 Å². The normalized spacial score (nSPS) is 12.6. The van der Waals surface area contributed by atoms with Gasteiger partial charge in [0.05, 0.1) is 23.5 Å². The van der Waals surface area contributed by atoms with Crippen LogP contribution in [0.4, 0.5) is 0 Å². The zero-order valence-corrected chi connectivity index (χ0v) is 15.1. The Balaban J connectivity index is 1.98. The van der Waals surface area contributed by atoms with Gasteiger partial charge in [-0.2, -0.15) is 10.5 Å². The zero-order valence-electron chi connectivity index (χ0n) is 13.6. The standard InChI is InChI=1S/C21H13Cl2N3/c22-16-8-4-14(5-9-16)18(12-24)20-2-1-3-21(26-20)19(13-25)15-6-10-17(23)11-7-15/h1-11,18-19H. The summed E-state index contributed by atoms with van der Waals surface area (Å²) in [4.78, 5) is 4.60. The van der Waals surface area contributed by atoms with Gasteiger partial charge in [0, 0.05) is 10.0 Å². The van der Waals surface area contributed by atoms with Crippen molar-refractivity contribution in [3.63, 3.8) is 0 Å². The molecular formula is C21H13Cl2N3. The Hall–Kier alpha value is -2.85. The van der Waals surface area contributed by atoms with Crippen LogP contribution in [0.3, 0.4) is 0 Å². The lowest BCUT2D eigenvalue weighted by molar-refractivity contribution is 0.894. The van der Waals surface area contributed by atoms with Gasteiger partial charge < -0.3 is 0 Å². The van der Waals surface area contributed by atoms with E-state index in [2.05, 4.69) is 17.1 Å². The van der Waals surface area contributed by atoms with Gasteiger partial charge in [0.1, 0.15) is 11.8 Å². The summed E-state index contributed by atoms with van der Waals surface area (Å²) >= 11 is 11.9. The fraction of sp³-hybridized carbons (Fsp3) is 0.0952. The van der Waals surface area contributed by atoms with Gasteiger partial charge in [-0.1, -0.05) is 53.5 Å². The molecule has 0 saturated heterocycles. The average molecular weight is 378 g/mol. The van der Waals surface area contributed by atoms with Crippen LogP contribution in [0.25, 0.3) is 0 Å². The van der Waals surface area contributed by atoms with Crippen molar-refractivity contribution in [2.24, 2.45) is 0 Å². The van der Waals surface area contributed by atoms with Crippen LogP contribution in [0, 0.1) is 22.7 Å². The van der Waals surface area contributed by atoms with Crippen LogP contribution in [-0.2, 0) is 0 Å². The van der Waals surface area contributed by atoms with Crippen molar-refractivity contribution in [1.82, 2.24) is 4.98 Å². The Labute approximate surface area is 162 Å². The van der Waals surface area contributed by atoms with Crippen LogP contribution in [0.5, 0.6) is 0 Å². The van der Waals surface area contributed by atoms with Gasteiger partial charge in [-0.3, -0.25) is 4.98 Å². The first kappa shape index (κ1) is 18.0. The van der Waals surface area contributed by atoms with Crippen LogP contribution in [0.2, 0.25) is 10.0 Å². The van der Waals surface area contributed by atoms with E-state index in [0.717, 1.165) is 11.1 Å². The molecular weight excluding hydrogens is 365 g/mol. The molecule has 0 N–H and O–H groups in total. The van der Waals surface area contributed by atoms with Gasteiger partial charge in [-0.15, -0.1) is 0 Å². The molecule has 0 spiro atoms. The highest BCUT2D eigenvalue weighted by molar-refractivity contribution is 6.30. The number of hydrogen-bond donors (Lipinski definition) is 0. The summed E-state index contributed by atoms with van der Waals surface area (Å²) in [6, 6.07) is 24.2. The fourth-order valence-electron chi connectivity index (χ4n) is 2.72.